The molecule has 0 aliphatic carbocycles. The van der Waals surface area contributed by atoms with Crippen LogP contribution in [0.1, 0.15) is 11.1 Å². The number of rotatable bonds is 3. The molecule has 1 amide bonds. The van der Waals surface area contributed by atoms with E-state index in [4.69, 9.17) is 5.26 Å². The van der Waals surface area contributed by atoms with Crippen LogP contribution in [0.2, 0.25) is 0 Å². The van der Waals surface area contributed by atoms with Crippen molar-refractivity contribution >= 4 is 39.3 Å². The molecule has 0 unspecified atom stereocenters. The van der Waals surface area contributed by atoms with Crippen molar-refractivity contribution < 1.29 is 13.2 Å². The number of carbonyl (C=O) groups is 1. The van der Waals surface area contributed by atoms with Crippen LogP contribution in [0.3, 0.4) is 0 Å². The minimum atomic E-state index is -4.10. The average molecular weight is 369 g/mol. The first-order valence-corrected chi connectivity index (χ1v) is 9.62. The summed E-state index contributed by atoms with van der Waals surface area (Å²) in [5, 5.41) is 8.94. The summed E-state index contributed by atoms with van der Waals surface area (Å²) in [6, 6.07) is 6.51. The predicted octanol–water partition coefficient (Wildman–Crippen LogP) is 1.76. The highest BCUT2D eigenvalue weighted by molar-refractivity contribution is 8.00. The topological polar surface area (TPSA) is 109 Å². The molecule has 1 aromatic carbocycles. The maximum atomic E-state index is 12.2. The Morgan fingerprint density at radius 2 is 1.96 bits per heavy atom. The fourth-order valence-electron chi connectivity index (χ4n) is 1.66. The smallest absolute Gasteiger partial charge is 0.266 e. The van der Waals surface area contributed by atoms with Crippen LogP contribution in [-0.2, 0) is 10.0 Å². The summed E-state index contributed by atoms with van der Waals surface area (Å²) in [5.41, 5.74) is -0.142. The molecule has 10 heteroatoms. The number of benzene rings is 1. The van der Waals surface area contributed by atoms with Crippen molar-refractivity contribution in [3.8, 4) is 6.07 Å². The molecule has 2 rings (SSSR count). The Kier molecular flexibility index (Phi) is 4.93. The van der Waals surface area contributed by atoms with Gasteiger partial charge in [0.25, 0.3) is 15.6 Å². The first kappa shape index (κ1) is 17.3. The zero-order valence-electron chi connectivity index (χ0n) is 12.1. The molecule has 0 fully saturated rings. The number of nitrogens with one attached hydrogen (secondary N) is 1. The molecule has 1 N–H and O–H groups in total. The second-order valence-corrected chi connectivity index (χ2v) is 8.11. The minimum Gasteiger partial charge on any atom is -0.266 e. The highest BCUT2D eigenvalue weighted by Crippen LogP contribution is 2.23. The van der Waals surface area contributed by atoms with Gasteiger partial charge < -0.3 is 0 Å². The molecular weight excluding hydrogens is 358 g/mol. The molecule has 0 spiro atoms. The Morgan fingerprint density at radius 1 is 1.35 bits per heavy atom. The van der Waals surface area contributed by atoms with E-state index >= 15 is 0 Å². The van der Waals surface area contributed by atoms with Crippen LogP contribution in [0.25, 0.3) is 0 Å². The molecule has 120 valence electrons. The molecule has 0 aliphatic heterocycles. The Morgan fingerprint density at radius 3 is 2.43 bits per heavy atom. The lowest BCUT2D eigenvalue weighted by Gasteiger charge is -2.06. The van der Waals surface area contributed by atoms with Crippen LogP contribution >= 0.6 is 23.3 Å². The second-order valence-electron chi connectivity index (χ2n) is 4.39. The van der Waals surface area contributed by atoms with Crippen molar-refractivity contribution in [2.24, 2.45) is 0 Å². The number of aromatic nitrogens is 1. The highest BCUT2D eigenvalue weighted by Gasteiger charge is 2.23. The molecule has 1 heterocycles. The van der Waals surface area contributed by atoms with Crippen LogP contribution in [-0.4, -0.2) is 24.7 Å². The number of hydrogen-bond acceptors (Lipinski definition) is 7. The Bertz CT molecular complexity index is 950. The van der Waals surface area contributed by atoms with Crippen LogP contribution in [0, 0.1) is 18.3 Å². The third-order valence-electron chi connectivity index (χ3n) is 2.81. The lowest BCUT2D eigenvalue weighted by Crippen LogP contribution is -2.37. The van der Waals surface area contributed by atoms with Gasteiger partial charge in [0, 0.05) is 0 Å². The van der Waals surface area contributed by atoms with Gasteiger partial charge in [-0.3, -0.25) is 4.79 Å². The molecule has 0 bridgehead atoms. The van der Waals surface area contributed by atoms with Crippen molar-refractivity contribution in [2.75, 3.05) is 6.26 Å². The van der Waals surface area contributed by atoms with E-state index in [1.807, 2.05) is 4.72 Å². The molecule has 0 saturated carbocycles. The average Bonchev–Trinajstić information content (AvgIpc) is 2.83. The third-order valence-corrected chi connectivity index (χ3v) is 6.33. The molecule has 0 atom stereocenters. The lowest BCUT2D eigenvalue weighted by atomic mass is 10.2. The monoisotopic (exact) mass is 369 g/mol. The number of nitrogens with zero attached hydrogens (tertiary/aromatic N) is 2. The molecule has 2 aromatic rings. The van der Waals surface area contributed by atoms with E-state index in [2.05, 4.69) is 0 Å². The normalized spacial score (nSPS) is 11.0. The lowest BCUT2D eigenvalue weighted by molar-refractivity contribution is 0.248. The Hall–Kier alpha value is -2.09. The third kappa shape index (κ3) is 3.47. The summed E-state index contributed by atoms with van der Waals surface area (Å²) in [5.74, 6) is 0. The van der Waals surface area contributed by atoms with Crippen LogP contribution < -0.4 is 10.3 Å². The first-order valence-electron chi connectivity index (χ1n) is 6.14. The van der Waals surface area contributed by atoms with Gasteiger partial charge in [0.15, 0.2) is 0 Å². The van der Waals surface area contributed by atoms with Gasteiger partial charge in [0.1, 0.15) is 15.8 Å². The van der Waals surface area contributed by atoms with Gasteiger partial charge in [0.05, 0.1) is 4.90 Å². The van der Waals surface area contributed by atoms with Crippen LogP contribution in [0.15, 0.2) is 38.2 Å². The van der Waals surface area contributed by atoms with Gasteiger partial charge in [-0.1, -0.05) is 17.7 Å². The van der Waals surface area contributed by atoms with Gasteiger partial charge in [0.2, 0.25) is 0 Å². The van der Waals surface area contributed by atoms with E-state index in [0.717, 1.165) is 28.9 Å². The number of hydrogen-bond donors (Lipinski definition) is 1. The number of sulfonamides is 1. The van der Waals surface area contributed by atoms with E-state index in [1.165, 1.54) is 12.1 Å². The number of carbonyl (C=O) groups excluding carboxylic acids is 1. The van der Waals surface area contributed by atoms with Crippen molar-refractivity contribution in [3.05, 3.63) is 45.7 Å². The van der Waals surface area contributed by atoms with E-state index in [0.29, 0.717) is 8.17 Å². The van der Waals surface area contributed by atoms with Crippen molar-refractivity contribution in [1.29, 1.82) is 5.26 Å². The summed E-state index contributed by atoms with van der Waals surface area (Å²) in [4.78, 5) is 24.0. The minimum absolute atomic E-state index is 0.0911. The SMILES string of the molecule is CSc1sn(C(=O)NS(=O)(=O)c2ccc(C)cc2)c(=O)c1C#N. The Balaban J connectivity index is 2.36. The molecule has 0 radical (unpaired) electrons. The number of amides is 1. The summed E-state index contributed by atoms with van der Waals surface area (Å²) in [6.07, 6.45) is 1.65. The summed E-state index contributed by atoms with van der Waals surface area (Å²) >= 11 is 1.86. The zero-order valence-corrected chi connectivity index (χ0v) is 14.5. The van der Waals surface area contributed by atoms with Gasteiger partial charge in [-0.15, -0.1) is 11.8 Å². The van der Waals surface area contributed by atoms with E-state index < -0.39 is 21.6 Å². The summed E-state index contributed by atoms with van der Waals surface area (Å²) < 4.78 is 27.1. The summed E-state index contributed by atoms with van der Waals surface area (Å²) in [7, 11) is -4.10. The number of nitriles is 1. The predicted molar refractivity (Wildman–Crippen MR) is 87.4 cm³/mol. The van der Waals surface area contributed by atoms with Crippen LogP contribution in [0.4, 0.5) is 4.79 Å². The van der Waals surface area contributed by atoms with Gasteiger partial charge in [-0.2, -0.15) is 9.22 Å². The highest BCUT2D eigenvalue weighted by atomic mass is 32.2. The van der Waals surface area contributed by atoms with E-state index in [-0.39, 0.29) is 10.5 Å². The van der Waals surface area contributed by atoms with E-state index in [1.54, 1.807) is 31.4 Å². The largest absolute Gasteiger partial charge is 0.352 e. The van der Waals surface area contributed by atoms with Crippen LogP contribution in [0.5, 0.6) is 0 Å². The van der Waals surface area contributed by atoms with Gasteiger partial charge in [-0.25, -0.2) is 17.9 Å². The van der Waals surface area contributed by atoms with Gasteiger partial charge in [-0.05, 0) is 36.8 Å². The quantitative estimate of drug-likeness (QED) is 0.826. The standard InChI is InChI=1S/C13H11N3O4S3/c1-8-3-5-9(6-4-8)23(19,20)15-13(18)16-11(17)10(7-14)12(21-2)22-16/h3-6H,1-2H3,(H,15,18). The van der Waals surface area contributed by atoms with E-state index in [9.17, 15) is 18.0 Å². The molecular formula is C13H11N3O4S3. The summed E-state index contributed by atoms with van der Waals surface area (Å²) in [6.45, 7) is 1.80. The van der Waals surface area contributed by atoms with Crippen molar-refractivity contribution in [2.45, 2.75) is 16.0 Å². The number of thioether (sulfide) groups is 1. The fraction of sp³-hybridized carbons (Fsp3) is 0.154. The second kappa shape index (κ2) is 6.57. The molecule has 1 aromatic heterocycles. The first-order chi connectivity index (χ1) is 10.8. The Labute approximate surface area is 140 Å². The fourth-order valence-corrected chi connectivity index (χ4v) is 4.20. The molecule has 23 heavy (non-hydrogen) atoms. The molecule has 0 saturated heterocycles. The maximum absolute atomic E-state index is 12.2. The zero-order chi connectivity index (χ0) is 17.2. The van der Waals surface area contributed by atoms with Crippen molar-refractivity contribution in [1.82, 2.24) is 8.68 Å². The maximum Gasteiger partial charge on any atom is 0.352 e. The number of aryl methyl sites for hydroxylation is 1. The van der Waals surface area contributed by atoms with Crippen molar-refractivity contribution in [3.63, 3.8) is 0 Å². The molecule has 0 aliphatic rings. The molecule has 7 nitrogen and oxygen atoms in total. The van der Waals surface area contributed by atoms with Gasteiger partial charge >= 0.3 is 6.03 Å².